The summed E-state index contributed by atoms with van der Waals surface area (Å²) in [4.78, 5) is 39.8. The summed E-state index contributed by atoms with van der Waals surface area (Å²) < 4.78 is 0. The number of rotatable bonds is 4. The minimum atomic E-state index is -0.475. The van der Waals surface area contributed by atoms with Crippen molar-refractivity contribution in [1.82, 2.24) is 5.32 Å². The highest BCUT2D eigenvalue weighted by Gasteiger charge is 2.36. The van der Waals surface area contributed by atoms with Gasteiger partial charge in [-0.15, -0.1) is 0 Å². The van der Waals surface area contributed by atoms with Crippen LogP contribution >= 0.6 is 0 Å². The minimum absolute atomic E-state index is 0.0686. The Bertz CT molecular complexity index is 991. The molecule has 0 aliphatic carbocycles. The van der Waals surface area contributed by atoms with Crippen molar-refractivity contribution in [2.45, 2.75) is 46.6 Å². The molecule has 2 aromatic carbocycles. The van der Waals surface area contributed by atoms with Crippen molar-refractivity contribution in [2.24, 2.45) is 5.92 Å². The van der Waals surface area contributed by atoms with E-state index in [9.17, 15) is 14.4 Å². The topological polar surface area (TPSA) is 78.5 Å². The van der Waals surface area contributed by atoms with E-state index in [1.165, 1.54) is 0 Å². The standard InChI is InChI=1S/C24H29N3O3/c1-15-10-11-20(16(2)12-15)27-14-17(13-21(27)28)22(29)25-19-9-7-6-8-18(19)23(30)26-24(3,4)5/h6-12,17H,13-14H2,1-5H3,(H,25,29)(H,26,30). The van der Waals surface area contributed by atoms with Crippen LogP contribution in [-0.4, -0.2) is 29.8 Å². The lowest BCUT2D eigenvalue weighted by molar-refractivity contribution is -0.122. The molecular formula is C24H29N3O3. The highest BCUT2D eigenvalue weighted by atomic mass is 16.2. The number of para-hydroxylation sites is 1. The number of hydrogen-bond donors (Lipinski definition) is 2. The Morgan fingerprint density at radius 2 is 1.77 bits per heavy atom. The monoisotopic (exact) mass is 407 g/mol. The Kier molecular flexibility index (Phi) is 5.97. The summed E-state index contributed by atoms with van der Waals surface area (Å²) in [5, 5.41) is 5.77. The fraction of sp³-hybridized carbons (Fsp3) is 0.375. The zero-order valence-electron chi connectivity index (χ0n) is 18.2. The van der Waals surface area contributed by atoms with E-state index < -0.39 is 11.5 Å². The molecule has 2 N–H and O–H groups in total. The van der Waals surface area contributed by atoms with E-state index in [0.29, 0.717) is 17.8 Å². The first-order valence-electron chi connectivity index (χ1n) is 10.1. The third-order valence-electron chi connectivity index (χ3n) is 5.06. The molecule has 158 valence electrons. The van der Waals surface area contributed by atoms with E-state index in [1.54, 1.807) is 29.2 Å². The van der Waals surface area contributed by atoms with Crippen LogP contribution in [0.1, 0.15) is 48.7 Å². The number of aryl methyl sites for hydroxylation is 2. The van der Waals surface area contributed by atoms with E-state index >= 15 is 0 Å². The van der Waals surface area contributed by atoms with E-state index in [-0.39, 0.29) is 24.1 Å². The molecule has 1 fully saturated rings. The second-order valence-electron chi connectivity index (χ2n) is 8.93. The molecule has 6 nitrogen and oxygen atoms in total. The first-order chi connectivity index (χ1) is 14.0. The Balaban J connectivity index is 1.75. The van der Waals surface area contributed by atoms with Crippen LogP contribution in [0.15, 0.2) is 42.5 Å². The third-order valence-corrected chi connectivity index (χ3v) is 5.06. The zero-order valence-corrected chi connectivity index (χ0v) is 18.2. The number of amides is 3. The van der Waals surface area contributed by atoms with Gasteiger partial charge in [0.25, 0.3) is 5.91 Å². The second-order valence-corrected chi connectivity index (χ2v) is 8.93. The van der Waals surface area contributed by atoms with Gasteiger partial charge >= 0.3 is 0 Å². The number of nitrogens with one attached hydrogen (secondary N) is 2. The van der Waals surface area contributed by atoms with Crippen LogP contribution in [0, 0.1) is 19.8 Å². The maximum absolute atomic E-state index is 12.9. The summed E-state index contributed by atoms with van der Waals surface area (Å²) in [5.74, 6) is -1.05. The van der Waals surface area contributed by atoms with Gasteiger partial charge in [-0.1, -0.05) is 29.8 Å². The van der Waals surface area contributed by atoms with Crippen molar-refractivity contribution in [3.8, 4) is 0 Å². The smallest absolute Gasteiger partial charge is 0.253 e. The first-order valence-corrected chi connectivity index (χ1v) is 10.1. The van der Waals surface area contributed by atoms with Crippen molar-refractivity contribution in [3.05, 3.63) is 59.2 Å². The quantitative estimate of drug-likeness (QED) is 0.809. The molecule has 1 saturated heterocycles. The predicted octanol–water partition coefficient (Wildman–Crippen LogP) is 3.82. The number of nitrogens with zero attached hydrogens (tertiary/aromatic N) is 1. The van der Waals surface area contributed by atoms with Gasteiger partial charge in [0.05, 0.1) is 17.2 Å². The molecule has 0 aromatic heterocycles. The molecule has 1 atom stereocenters. The van der Waals surface area contributed by atoms with Crippen LogP contribution in [0.25, 0.3) is 0 Å². The Labute approximate surface area is 177 Å². The van der Waals surface area contributed by atoms with Gasteiger partial charge in [0, 0.05) is 24.2 Å². The van der Waals surface area contributed by atoms with Crippen molar-refractivity contribution >= 4 is 29.1 Å². The fourth-order valence-corrected chi connectivity index (χ4v) is 3.66. The van der Waals surface area contributed by atoms with Crippen molar-refractivity contribution in [2.75, 3.05) is 16.8 Å². The summed E-state index contributed by atoms with van der Waals surface area (Å²) in [6.45, 7) is 10.00. The number of hydrogen-bond acceptors (Lipinski definition) is 3. The van der Waals surface area contributed by atoms with Crippen LogP contribution < -0.4 is 15.5 Å². The lowest BCUT2D eigenvalue weighted by Gasteiger charge is -2.22. The van der Waals surface area contributed by atoms with E-state index in [1.807, 2.05) is 52.8 Å². The van der Waals surface area contributed by atoms with Crippen molar-refractivity contribution in [3.63, 3.8) is 0 Å². The SMILES string of the molecule is Cc1ccc(N2CC(C(=O)Nc3ccccc3C(=O)NC(C)(C)C)CC2=O)c(C)c1. The number of anilines is 2. The van der Waals surface area contributed by atoms with Crippen molar-refractivity contribution in [1.29, 1.82) is 0 Å². The maximum Gasteiger partial charge on any atom is 0.253 e. The van der Waals surface area contributed by atoms with E-state index in [0.717, 1.165) is 16.8 Å². The Hall–Kier alpha value is -3.15. The van der Waals surface area contributed by atoms with Gasteiger partial charge in [-0.3, -0.25) is 14.4 Å². The lowest BCUT2D eigenvalue weighted by Crippen LogP contribution is -2.41. The average Bonchev–Trinajstić information content (AvgIpc) is 3.02. The molecule has 1 unspecified atom stereocenters. The Morgan fingerprint density at radius 1 is 1.07 bits per heavy atom. The first kappa shape index (κ1) is 21.6. The fourth-order valence-electron chi connectivity index (χ4n) is 3.66. The molecule has 30 heavy (non-hydrogen) atoms. The molecular weight excluding hydrogens is 378 g/mol. The van der Waals surface area contributed by atoms with Gasteiger partial charge in [0.2, 0.25) is 11.8 Å². The molecule has 1 aliphatic heterocycles. The second kappa shape index (κ2) is 8.30. The number of carbonyl (C=O) groups is 3. The third kappa shape index (κ3) is 4.87. The highest BCUT2D eigenvalue weighted by molar-refractivity contribution is 6.07. The molecule has 3 rings (SSSR count). The van der Waals surface area contributed by atoms with Gasteiger partial charge in [-0.25, -0.2) is 0 Å². The average molecular weight is 408 g/mol. The van der Waals surface area contributed by atoms with Crippen LogP contribution in [-0.2, 0) is 9.59 Å². The van der Waals surface area contributed by atoms with Crippen molar-refractivity contribution < 1.29 is 14.4 Å². The Morgan fingerprint density at radius 3 is 2.43 bits per heavy atom. The molecule has 1 aliphatic rings. The molecule has 0 spiro atoms. The van der Waals surface area contributed by atoms with Crippen LogP contribution in [0.3, 0.4) is 0 Å². The summed E-state index contributed by atoms with van der Waals surface area (Å²) in [5.41, 5.74) is 3.43. The summed E-state index contributed by atoms with van der Waals surface area (Å²) in [6, 6.07) is 12.8. The summed E-state index contributed by atoms with van der Waals surface area (Å²) >= 11 is 0. The molecule has 0 bridgehead atoms. The lowest BCUT2D eigenvalue weighted by atomic mass is 10.1. The maximum atomic E-state index is 12.9. The van der Waals surface area contributed by atoms with Gasteiger partial charge in [-0.2, -0.15) is 0 Å². The normalized spacial score (nSPS) is 16.5. The summed E-state index contributed by atoms with van der Waals surface area (Å²) in [6.07, 6.45) is 0.148. The van der Waals surface area contributed by atoms with Gasteiger partial charge in [0.1, 0.15) is 0 Å². The highest BCUT2D eigenvalue weighted by Crippen LogP contribution is 2.29. The molecule has 0 radical (unpaired) electrons. The predicted molar refractivity (Wildman–Crippen MR) is 119 cm³/mol. The molecule has 2 aromatic rings. The zero-order chi connectivity index (χ0) is 22.1. The number of benzene rings is 2. The van der Waals surface area contributed by atoms with Gasteiger partial charge in [-0.05, 0) is 58.4 Å². The minimum Gasteiger partial charge on any atom is -0.347 e. The van der Waals surface area contributed by atoms with Crippen LogP contribution in [0.4, 0.5) is 11.4 Å². The molecule has 3 amide bonds. The largest absolute Gasteiger partial charge is 0.347 e. The molecule has 0 saturated carbocycles. The van der Waals surface area contributed by atoms with Crippen LogP contribution in [0.5, 0.6) is 0 Å². The van der Waals surface area contributed by atoms with Gasteiger partial charge < -0.3 is 15.5 Å². The van der Waals surface area contributed by atoms with E-state index in [2.05, 4.69) is 10.6 Å². The number of carbonyl (C=O) groups excluding carboxylic acids is 3. The van der Waals surface area contributed by atoms with E-state index in [4.69, 9.17) is 0 Å². The molecule has 6 heteroatoms. The summed E-state index contributed by atoms with van der Waals surface area (Å²) in [7, 11) is 0. The van der Waals surface area contributed by atoms with Crippen LogP contribution in [0.2, 0.25) is 0 Å². The van der Waals surface area contributed by atoms with Gasteiger partial charge in [0.15, 0.2) is 0 Å². The molecule has 1 heterocycles.